The van der Waals surface area contributed by atoms with Crippen LogP contribution in [-0.4, -0.2) is 0 Å². The van der Waals surface area contributed by atoms with E-state index in [2.05, 4.69) is 38.1 Å². The van der Waals surface area contributed by atoms with Crippen LogP contribution in [0.5, 0.6) is 0 Å². The quantitative estimate of drug-likeness (QED) is 0.660. The average molecular weight is 202 g/mol. The second-order valence-corrected chi connectivity index (χ2v) is 5.07. The minimum atomic E-state index is 0.834. The predicted octanol–water partition coefficient (Wildman–Crippen LogP) is 4.54. The van der Waals surface area contributed by atoms with Crippen LogP contribution in [-0.2, 0) is 6.42 Å². The van der Waals surface area contributed by atoms with Crippen LogP contribution in [0.2, 0.25) is 0 Å². The van der Waals surface area contributed by atoms with Crippen molar-refractivity contribution in [3.63, 3.8) is 0 Å². The van der Waals surface area contributed by atoms with Gasteiger partial charge in [0.1, 0.15) is 0 Å². The molecular weight excluding hydrogens is 180 g/mol. The van der Waals surface area contributed by atoms with Gasteiger partial charge in [0.2, 0.25) is 0 Å². The van der Waals surface area contributed by atoms with E-state index in [0.717, 1.165) is 18.3 Å². The molecule has 82 valence electrons. The second kappa shape index (κ2) is 4.83. The average Bonchev–Trinajstić information content (AvgIpc) is 2.29. The van der Waals surface area contributed by atoms with E-state index >= 15 is 0 Å². The summed E-state index contributed by atoms with van der Waals surface area (Å²) in [4.78, 5) is 0. The van der Waals surface area contributed by atoms with Crippen LogP contribution >= 0.6 is 0 Å². The molecule has 0 spiro atoms. The van der Waals surface area contributed by atoms with Crippen molar-refractivity contribution in [1.82, 2.24) is 0 Å². The van der Waals surface area contributed by atoms with Gasteiger partial charge < -0.3 is 0 Å². The third kappa shape index (κ3) is 2.62. The topological polar surface area (TPSA) is 0 Å². The Hall–Kier alpha value is -0.780. The van der Waals surface area contributed by atoms with Gasteiger partial charge >= 0.3 is 0 Å². The number of rotatable bonds is 2. The Morgan fingerprint density at radius 3 is 2.87 bits per heavy atom. The molecule has 2 atom stereocenters. The van der Waals surface area contributed by atoms with Gasteiger partial charge in [-0.05, 0) is 42.2 Å². The van der Waals surface area contributed by atoms with Crippen molar-refractivity contribution in [1.29, 1.82) is 0 Å². The largest absolute Gasteiger partial charge is 0.0625 e. The molecule has 1 aromatic carbocycles. The zero-order valence-electron chi connectivity index (χ0n) is 10.00. The van der Waals surface area contributed by atoms with Gasteiger partial charge in [-0.1, -0.05) is 51.0 Å². The molecular formula is C15H22. The van der Waals surface area contributed by atoms with Gasteiger partial charge in [-0.3, -0.25) is 0 Å². The summed E-state index contributed by atoms with van der Waals surface area (Å²) in [6.07, 6.45) is 6.81. The Morgan fingerprint density at radius 1 is 1.27 bits per heavy atom. The van der Waals surface area contributed by atoms with Crippen LogP contribution in [0.1, 0.15) is 56.6 Å². The molecule has 0 aromatic heterocycles. The van der Waals surface area contributed by atoms with Gasteiger partial charge in [0.05, 0.1) is 0 Å². The molecule has 2 rings (SSSR count). The summed E-state index contributed by atoms with van der Waals surface area (Å²) in [7, 11) is 0. The first-order valence-corrected chi connectivity index (χ1v) is 6.38. The van der Waals surface area contributed by atoms with Crippen LogP contribution in [0.15, 0.2) is 24.3 Å². The van der Waals surface area contributed by atoms with Gasteiger partial charge in [0, 0.05) is 0 Å². The Balaban J connectivity index is 2.13. The number of hydrogen-bond acceptors (Lipinski definition) is 0. The fraction of sp³-hybridized carbons (Fsp3) is 0.600. The van der Waals surface area contributed by atoms with Gasteiger partial charge in [-0.25, -0.2) is 0 Å². The summed E-state index contributed by atoms with van der Waals surface area (Å²) in [5.74, 6) is 1.76. The highest BCUT2D eigenvalue weighted by Crippen LogP contribution is 2.36. The van der Waals surface area contributed by atoms with Gasteiger partial charge in [0.25, 0.3) is 0 Å². The van der Waals surface area contributed by atoms with E-state index in [9.17, 15) is 0 Å². The summed E-state index contributed by atoms with van der Waals surface area (Å²) in [6, 6.07) is 9.22. The molecule has 1 saturated carbocycles. The van der Waals surface area contributed by atoms with E-state index in [4.69, 9.17) is 0 Å². The fourth-order valence-corrected chi connectivity index (χ4v) is 2.80. The van der Waals surface area contributed by atoms with Gasteiger partial charge in [0.15, 0.2) is 0 Å². The van der Waals surface area contributed by atoms with Crippen molar-refractivity contribution >= 4 is 0 Å². The van der Waals surface area contributed by atoms with Gasteiger partial charge in [-0.15, -0.1) is 0 Å². The molecule has 1 aliphatic carbocycles. The maximum Gasteiger partial charge on any atom is -0.0159 e. The van der Waals surface area contributed by atoms with Crippen molar-refractivity contribution < 1.29 is 0 Å². The van der Waals surface area contributed by atoms with E-state index in [1.54, 1.807) is 5.56 Å². The maximum absolute atomic E-state index is 2.42. The summed E-state index contributed by atoms with van der Waals surface area (Å²) >= 11 is 0. The first kappa shape index (κ1) is 10.7. The van der Waals surface area contributed by atoms with Crippen LogP contribution in [0.4, 0.5) is 0 Å². The molecule has 15 heavy (non-hydrogen) atoms. The molecule has 0 amide bonds. The first-order chi connectivity index (χ1) is 7.29. The lowest BCUT2D eigenvalue weighted by molar-refractivity contribution is 0.344. The smallest absolute Gasteiger partial charge is 0.0159 e. The zero-order valence-corrected chi connectivity index (χ0v) is 10.00. The first-order valence-electron chi connectivity index (χ1n) is 6.38. The number of benzene rings is 1. The van der Waals surface area contributed by atoms with Crippen molar-refractivity contribution in [3.05, 3.63) is 35.4 Å². The highest BCUT2D eigenvalue weighted by molar-refractivity contribution is 5.26. The molecule has 0 radical (unpaired) electrons. The molecule has 0 heteroatoms. The molecule has 0 bridgehead atoms. The molecule has 0 aliphatic heterocycles. The molecule has 1 aromatic rings. The van der Waals surface area contributed by atoms with E-state index in [-0.39, 0.29) is 0 Å². The van der Waals surface area contributed by atoms with Crippen molar-refractivity contribution in [3.8, 4) is 0 Å². The van der Waals surface area contributed by atoms with Crippen molar-refractivity contribution in [2.75, 3.05) is 0 Å². The molecule has 1 aliphatic rings. The highest BCUT2D eigenvalue weighted by atomic mass is 14.2. The molecule has 1 fully saturated rings. The standard InChI is InChI=1S/C15H22/c1-3-13-7-5-9-15(11-13)14-8-4-6-12(2)10-14/h5,7,9,11-12,14H,3-4,6,8,10H2,1-2H3. The molecule has 2 unspecified atom stereocenters. The minimum Gasteiger partial charge on any atom is -0.0625 e. The van der Waals surface area contributed by atoms with Crippen LogP contribution < -0.4 is 0 Å². The van der Waals surface area contributed by atoms with E-state index < -0.39 is 0 Å². The molecule has 0 saturated heterocycles. The van der Waals surface area contributed by atoms with Crippen molar-refractivity contribution in [2.45, 2.75) is 51.9 Å². The van der Waals surface area contributed by atoms with Gasteiger partial charge in [-0.2, -0.15) is 0 Å². The normalized spacial score (nSPS) is 26.5. The Bertz CT molecular complexity index is 314. The lowest BCUT2D eigenvalue weighted by atomic mass is 9.78. The lowest BCUT2D eigenvalue weighted by Gasteiger charge is -2.27. The Morgan fingerprint density at radius 2 is 2.13 bits per heavy atom. The lowest BCUT2D eigenvalue weighted by Crippen LogP contribution is -2.11. The van der Waals surface area contributed by atoms with Crippen LogP contribution in [0.25, 0.3) is 0 Å². The molecule has 0 heterocycles. The molecule has 0 N–H and O–H groups in total. The van der Waals surface area contributed by atoms with Crippen LogP contribution in [0.3, 0.4) is 0 Å². The monoisotopic (exact) mass is 202 g/mol. The van der Waals surface area contributed by atoms with E-state index in [1.165, 1.54) is 31.2 Å². The highest BCUT2D eigenvalue weighted by Gasteiger charge is 2.20. The SMILES string of the molecule is CCc1cccc(C2CCCC(C)C2)c1. The zero-order chi connectivity index (χ0) is 10.7. The third-order valence-corrected chi connectivity index (χ3v) is 3.77. The Kier molecular flexibility index (Phi) is 3.45. The second-order valence-electron chi connectivity index (χ2n) is 5.07. The van der Waals surface area contributed by atoms with E-state index in [0.29, 0.717) is 0 Å². The summed E-state index contributed by atoms with van der Waals surface area (Å²) in [5.41, 5.74) is 3.08. The third-order valence-electron chi connectivity index (χ3n) is 3.77. The Labute approximate surface area is 93.7 Å². The van der Waals surface area contributed by atoms with Crippen molar-refractivity contribution in [2.24, 2.45) is 5.92 Å². The summed E-state index contributed by atoms with van der Waals surface area (Å²) in [5, 5.41) is 0. The maximum atomic E-state index is 2.42. The number of hydrogen-bond donors (Lipinski definition) is 0. The van der Waals surface area contributed by atoms with E-state index in [1.807, 2.05) is 0 Å². The predicted molar refractivity (Wildman–Crippen MR) is 66.2 cm³/mol. The summed E-state index contributed by atoms with van der Waals surface area (Å²) in [6.45, 7) is 4.64. The molecule has 0 nitrogen and oxygen atoms in total. The minimum absolute atomic E-state index is 0.834. The van der Waals surface area contributed by atoms with Crippen LogP contribution in [0, 0.1) is 5.92 Å². The number of aryl methyl sites for hydroxylation is 1. The summed E-state index contributed by atoms with van der Waals surface area (Å²) < 4.78 is 0. The fourth-order valence-electron chi connectivity index (χ4n) is 2.80.